The fourth-order valence-electron chi connectivity index (χ4n) is 1.94. The summed E-state index contributed by atoms with van der Waals surface area (Å²) in [5, 5.41) is 0.00796. The average molecular weight is 589 g/mol. The molecule has 0 aromatic carbocycles. The molecule has 1 aromatic rings. The van der Waals surface area contributed by atoms with Crippen molar-refractivity contribution >= 4 is 58.3 Å². The van der Waals surface area contributed by atoms with E-state index < -0.39 is 52.0 Å². The first-order valence-electron chi connectivity index (χ1n) is 9.39. The highest BCUT2D eigenvalue weighted by Crippen LogP contribution is 2.28. The van der Waals surface area contributed by atoms with Crippen molar-refractivity contribution in [3.05, 3.63) is 14.8 Å². The molecule has 0 N–H and O–H groups in total. The van der Waals surface area contributed by atoms with E-state index in [1.54, 1.807) is 62.3 Å². The fourth-order valence-corrected chi connectivity index (χ4v) is 2.72. The summed E-state index contributed by atoms with van der Waals surface area (Å²) in [6, 6.07) is 0. The number of carbonyl (C=O) groups excluding carboxylic acids is 3. The van der Waals surface area contributed by atoms with Crippen molar-refractivity contribution in [2.75, 3.05) is 5.01 Å². The lowest BCUT2D eigenvalue weighted by Gasteiger charge is -2.35. The second-order valence-electron chi connectivity index (χ2n) is 9.49. The average Bonchev–Trinajstić information content (AvgIpc) is 2.50. The van der Waals surface area contributed by atoms with Crippen molar-refractivity contribution in [1.82, 2.24) is 15.0 Å². The molecular formula is C19H27ClFIN4O6. The van der Waals surface area contributed by atoms with Gasteiger partial charge >= 0.3 is 18.3 Å². The van der Waals surface area contributed by atoms with Crippen LogP contribution in [-0.2, 0) is 14.2 Å². The normalized spacial score (nSPS) is 12.1. The van der Waals surface area contributed by atoms with Gasteiger partial charge < -0.3 is 14.2 Å². The van der Waals surface area contributed by atoms with Crippen molar-refractivity contribution in [1.29, 1.82) is 0 Å². The molecule has 180 valence electrons. The van der Waals surface area contributed by atoms with E-state index in [0.717, 1.165) is 0 Å². The molecule has 10 nitrogen and oxygen atoms in total. The number of amides is 3. The Morgan fingerprint density at radius 2 is 1.19 bits per heavy atom. The predicted molar refractivity (Wildman–Crippen MR) is 123 cm³/mol. The first-order chi connectivity index (χ1) is 14.2. The summed E-state index contributed by atoms with van der Waals surface area (Å²) in [4.78, 5) is 46.5. The fraction of sp³-hybridized carbons (Fsp3) is 0.632. The molecule has 0 bridgehead atoms. The zero-order chi connectivity index (χ0) is 25.2. The largest absolute Gasteiger partial charge is 0.442 e. The van der Waals surface area contributed by atoms with Crippen molar-refractivity contribution < 1.29 is 33.0 Å². The minimum atomic E-state index is -1.33. The van der Waals surface area contributed by atoms with Gasteiger partial charge in [0.05, 0.1) is 0 Å². The van der Waals surface area contributed by atoms with Gasteiger partial charge in [0.25, 0.3) is 0 Å². The van der Waals surface area contributed by atoms with Gasteiger partial charge in [-0.15, -0.1) is 10.0 Å². The second-order valence-corrected chi connectivity index (χ2v) is 10.8. The number of aromatic nitrogens is 2. The van der Waals surface area contributed by atoms with Crippen LogP contribution in [0.5, 0.6) is 0 Å². The second kappa shape index (κ2) is 9.89. The third-order valence-electron chi connectivity index (χ3n) is 2.87. The number of hydrogen-bond donors (Lipinski definition) is 0. The van der Waals surface area contributed by atoms with E-state index in [4.69, 9.17) is 25.8 Å². The van der Waals surface area contributed by atoms with Crippen LogP contribution >= 0.6 is 34.2 Å². The lowest BCUT2D eigenvalue weighted by Crippen LogP contribution is -2.57. The van der Waals surface area contributed by atoms with Crippen LogP contribution in [0, 0.1) is 9.52 Å². The minimum Gasteiger partial charge on any atom is -0.442 e. The lowest BCUT2D eigenvalue weighted by atomic mass is 10.2. The maximum absolute atomic E-state index is 15.0. The quantitative estimate of drug-likeness (QED) is 0.135. The molecule has 0 atom stereocenters. The van der Waals surface area contributed by atoms with Gasteiger partial charge in [0, 0.05) is 0 Å². The smallest absolute Gasteiger partial charge is 0.440 e. The Morgan fingerprint density at radius 1 is 0.812 bits per heavy atom. The summed E-state index contributed by atoms with van der Waals surface area (Å²) in [6.07, 6.45) is -3.97. The Kier molecular flexibility index (Phi) is 8.68. The number of hydrazine groups is 1. The molecule has 13 heteroatoms. The molecule has 0 aliphatic heterocycles. The third-order valence-corrected chi connectivity index (χ3v) is 3.75. The maximum Gasteiger partial charge on any atom is 0.440 e. The van der Waals surface area contributed by atoms with E-state index in [1.165, 1.54) is 22.6 Å². The monoisotopic (exact) mass is 588 g/mol. The summed E-state index contributed by atoms with van der Waals surface area (Å²) in [5.41, 5.74) is -3.23. The molecule has 0 aliphatic rings. The molecule has 0 unspecified atom stereocenters. The SMILES string of the molecule is CC(C)(C)OC(=O)N(C(=O)OC(C)(C)C)N(C(=O)OC(C)(C)C)c1nc(Cl)nc(I)c1F. The molecular weight excluding hydrogens is 562 g/mol. The van der Waals surface area contributed by atoms with Gasteiger partial charge in [-0.25, -0.2) is 19.4 Å². The van der Waals surface area contributed by atoms with Gasteiger partial charge in [0.15, 0.2) is 5.82 Å². The molecule has 0 saturated heterocycles. The van der Waals surface area contributed by atoms with Gasteiger partial charge in [-0.3, -0.25) is 0 Å². The van der Waals surface area contributed by atoms with Crippen LogP contribution < -0.4 is 5.01 Å². The molecule has 0 aliphatic carbocycles. The number of halogens is 3. The summed E-state index contributed by atoms with van der Waals surface area (Å²) >= 11 is 7.38. The predicted octanol–water partition coefficient (Wildman–Crippen LogP) is 5.70. The highest BCUT2D eigenvalue weighted by molar-refractivity contribution is 14.1. The van der Waals surface area contributed by atoms with Crippen LogP contribution in [0.1, 0.15) is 62.3 Å². The third kappa shape index (κ3) is 8.52. The Morgan fingerprint density at radius 3 is 1.56 bits per heavy atom. The van der Waals surface area contributed by atoms with Crippen LogP contribution in [0.15, 0.2) is 0 Å². The standard InChI is InChI=1S/C19H27ClFIN4O6/c1-17(2,3)30-14(27)25(12-10(21)11(22)23-13(20)24-12)26(15(28)31-18(4,5)6)16(29)32-19(7,8)9/h1-9H3. The summed E-state index contributed by atoms with van der Waals surface area (Å²) in [5.74, 6) is -1.93. The molecule has 0 radical (unpaired) electrons. The molecule has 1 aromatic heterocycles. The number of imide groups is 1. The number of hydrogen-bond acceptors (Lipinski definition) is 8. The van der Waals surface area contributed by atoms with Crippen LogP contribution in [0.4, 0.5) is 24.6 Å². The highest BCUT2D eigenvalue weighted by Gasteiger charge is 2.43. The highest BCUT2D eigenvalue weighted by atomic mass is 127. The number of anilines is 1. The van der Waals surface area contributed by atoms with Gasteiger partial charge in [0.1, 0.15) is 20.5 Å². The van der Waals surface area contributed by atoms with E-state index in [9.17, 15) is 14.4 Å². The maximum atomic E-state index is 15.0. The molecule has 0 fully saturated rings. The lowest BCUT2D eigenvalue weighted by molar-refractivity contribution is -0.00705. The van der Waals surface area contributed by atoms with E-state index in [1.807, 2.05) is 0 Å². The summed E-state index contributed by atoms with van der Waals surface area (Å²) in [7, 11) is 0. The molecule has 0 spiro atoms. The number of rotatable bonds is 1. The Hall–Kier alpha value is -1.96. The van der Waals surface area contributed by atoms with E-state index in [0.29, 0.717) is 0 Å². The molecule has 1 rings (SSSR count). The van der Waals surface area contributed by atoms with Gasteiger partial charge in [-0.2, -0.15) is 9.37 Å². The van der Waals surface area contributed by atoms with E-state index >= 15 is 4.39 Å². The number of nitrogens with zero attached hydrogens (tertiary/aromatic N) is 4. The Bertz CT molecular complexity index is 868. The van der Waals surface area contributed by atoms with Crippen LogP contribution in [0.25, 0.3) is 0 Å². The number of carbonyl (C=O) groups is 3. The minimum absolute atomic E-state index is 0.169. The summed E-state index contributed by atoms with van der Waals surface area (Å²) < 4.78 is 30.5. The van der Waals surface area contributed by atoms with Gasteiger partial charge in [-0.1, -0.05) is 0 Å². The number of ether oxygens (including phenoxy) is 3. The topological polar surface area (TPSA) is 111 Å². The molecule has 32 heavy (non-hydrogen) atoms. The zero-order valence-electron chi connectivity index (χ0n) is 19.4. The van der Waals surface area contributed by atoms with Crippen LogP contribution in [0.2, 0.25) is 5.28 Å². The van der Waals surface area contributed by atoms with E-state index in [-0.39, 0.29) is 13.7 Å². The van der Waals surface area contributed by atoms with Crippen molar-refractivity contribution in [3.8, 4) is 0 Å². The molecule has 0 saturated carbocycles. The molecule has 1 heterocycles. The first kappa shape index (κ1) is 28.1. The van der Waals surface area contributed by atoms with Crippen molar-refractivity contribution in [3.63, 3.8) is 0 Å². The Labute approximate surface area is 204 Å². The Balaban J connectivity index is 3.78. The van der Waals surface area contributed by atoms with Crippen molar-refractivity contribution in [2.45, 2.75) is 79.1 Å². The zero-order valence-corrected chi connectivity index (χ0v) is 22.3. The molecule has 3 amide bonds. The first-order valence-corrected chi connectivity index (χ1v) is 10.8. The summed E-state index contributed by atoms with van der Waals surface area (Å²) in [6.45, 7) is 13.9. The van der Waals surface area contributed by atoms with Crippen LogP contribution in [0.3, 0.4) is 0 Å². The van der Waals surface area contributed by atoms with Crippen molar-refractivity contribution in [2.24, 2.45) is 0 Å². The van der Waals surface area contributed by atoms with Gasteiger partial charge in [0.2, 0.25) is 11.1 Å². The van der Waals surface area contributed by atoms with Crippen LogP contribution in [-0.4, -0.2) is 50.1 Å². The van der Waals surface area contributed by atoms with Gasteiger partial charge in [-0.05, 0) is 96.5 Å². The van der Waals surface area contributed by atoms with E-state index in [2.05, 4.69) is 9.97 Å².